The first-order valence-corrected chi connectivity index (χ1v) is 4.99. The first kappa shape index (κ1) is 10.5. The molecule has 0 radical (unpaired) electrons. The van der Waals surface area contributed by atoms with E-state index < -0.39 is 5.97 Å². The maximum Gasteiger partial charge on any atom is 0.322 e. The summed E-state index contributed by atoms with van der Waals surface area (Å²) in [6, 6.07) is 3.69. The number of hydrogen-bond donors (Lipinski definition) is 2. The van der Waals surface area contributed by atoms with Gasteiger partial charge in [0.15, 0.2) is 0 Å². The highest BCUT2D eigenvalue weighted by Gasteiger charge is 2.04. The Balaban J connectivity index is 2.35. The first-order chi connectivity index (χ1) is 7.58. The summed E-state index contributed by atoms with van der Waals surface area (Å²) in [6.45, 7) is 3.85. The average molecular weight is 219 g/mol. The number of fused-ring (bicyclic) bond motifs is 1. The van der Waals surface area contributed by atoms with Gasteiger partial charge in [0.1, 0.15) is 12.2 Å². The van der Waals surface area contributed by atoms with Crippen molar-refractivity contribution in [2.75, 3.05) is 11.9 Å². The van der Waals surface area contributed by atoms with Crippen molar-refractivity contribution in [3.63, 3.8) is 0 Å². The van der Waals surface area contributed by atoms with Crippen molar-refractivity contribution in [2.45, 2.75) is 13.8 Å². The monoisotopic (exact) mass is 219 g/mol. The van der Waals surface area contributed by atoms with Gasteiger partial charge in [-0.05, 0) is 26.0 Å². The van der Waals surface area contributed by atoms with Crippen molar-refractivity contribution in [1.82, 2.24) is 9.38 Å². The Morgan fingerprint density at radius 1 is 1.50 bits per heavy atom. The van der Waals surface area contributed by atoms with Crippen LogP contribution in [0, 0.1) is 13.8 Å². The van der Waals surface area contributed by atoms with Gasteiger partial charge in [0.05, 0.1) is 11.4 Å². The van der Waals surface area contributed by atoms with Crippen LogP contribution in [0.4, 0.5) is 5.69 Å². The maximum absolute atomic E-state index is 10.4. The Morgan fingerprint density at radius 2 is 2.25 bits per heavy atom. The number of carbonyl (C=O) groups is 1. The van der Waals surface area contributed by atoms with Gasteiger partial charge in [0.25, 0.3) is 0 Å². The molecule has 0 spiro atoms. The zero-order chi connectivity index (χ0) is 11.7. The lowest BCUT2D eigenvalue weighted by Gasteiger charge is -2.04. The van der Waals surface area contributed by atoms with Crippen molar-refractivity contribution in [3.8, 4) is 0 Å². The van der Waals surface area contributed by atoms with Gasteiger partial charge in [-0.25, -0.2) is 4.98 Å². The zero-order valence-corrected chi connectivity index (χ0v) is 9.19. The van der Waals surface area contributed by atoms with E-state index in [-0.39, 0.29) is 6.54 Å². The molecule has 0 unspecified atom stereocenters. The highest BCUT2D eigenvalue weighted by atomic mass is 16.4. The van der Waals surface area contributed by atoms with Crippen LogP contribution in [0.1, 0.15) is 11.4 Å². The largest absolute Gasteiger partial charge is 0.480 e. The lowest BCUT2D eigenvalue weighted by Crippen LogP contribution is -2.12. The molecule has 0 saturated carbocycles. The van der Waals surface area contributed by atoms with E-state index in [9.17, 15) is 4.79 Å². The van der Waals surface area contributed by atoms with Crippen LogP contribution in [0.5, 0.6) is 0 Å². The molecular weight excluding hydrogens is 206 g/mol. The summed E-state index contributed by atoms with van der Waals surface area (Å²) in [6.07, 6.45) is 1.85. The second kappa shape index (κ2) is 3.84. The third kappa shape index (κ3) is 1.84. The molecule has 2 aromatic rings. The first-order valence-electron chi connectivity index (χ1n) is 4.99. The maximum atomic E-state index is 10.4. The lowest BCUT2D eigenvalue weighted by atomic mass is 10.3. The Bertz CT molecular complexity index is 545. The minimum Gasteiger partial charge on any atom is -0.480 e. The molecule has 0 atom stereocenters. The predicted molar refractivity (Wildman–Crippen MR) is 60.8 cm³/mol. The number of carboxylic acids is 1. The molecule has 2 N–H and O–H groups in total. The fourth-order valence-corrected chi connectivity index (χ4v) is 1.56. The Hall–Kier alpha value is -2.04. The van der Waals surface area contributed by atoms with Crippen LogP contribution in [0.15, 0.2) is 18.3 Å². The zero-order valence-electron chi connectivity index (χ0n) is 9.19. The molecule has 2 aromatic heterocycles. The number of hydrogen-bond acceptors (Lipinski definition) is 3. The fraction of sp³-hybridized carbons (Fsp3) is 0.273. The minimum atomic E-state index is -0.876. The minimum absolute atomic E-state index is 0.0851. The highest BCUT2D eigenvalue weighted by Crippen LogP contribution is 2.14. The summed E-state index contributed by atoms with van der Waals surface area (Å²) in [5.74, 6) is -0.876. The van der Waals surface area contributed by atoms with Gasteiger partial charge in [-0.2, -0.15) is 0 Å². The SMILES string of the molecule is Cc1nc2ccc(NCC(=O)O)cn2c1C. The Labute approximate surface area is 92.7 Å². The van der Waals surface area contributed by atoms with Crippen LogP contribution >= 0.6 is 0 Å². The second-order valence-electron chi connectivity index (χ2n) is 3.68. The van der Waals surface area contributed by atoms with Crippen LogP contribution in [-0.2, 0) is 4.79 Å². The van der Waals surface area contributed by atoms with Gasteiger partial charge in [-0.3, -0.25) is 4.79 Å². The van der Waals surface area contributed by atoms with Crippen molar-refractivity contribution in [2.24, 2.45) is 0 Å². The normalized spacial score (nSPS) is 10.6. The highest BCUT2D eigenvalue weighted by molar-refractivity contribution is 5.72. The van der Waals surface area contributed by atoms with E-state index in [4.69, 9.17) is 5.11 Å². The lowest BCUT2D eigenvalue weighted by molar-refractivity contribution is -0.134. The number of nitrogens with zero attached hydrogens (tertiary/aromatic N) is 2. The third-order valence-corrected chi connectivity index (χ3v) is 2.54. The molecule has 2 rings (SSSR count). The molecule has 0 aliphatic carbocycles. The number of carboxylic acid groups (broad SMARTS) is 1. The van der Waals surface area contributed by atoms with Crippen molar-refractivity contribution in [3.05, 3.63) is 29.7 Å². The Morgan fingerprint density at radius 3 is 2.94 bits per heavy atom. The van der Waals surface area contributed by atoms with E-state index in [0.29, 0.717) is 0 Å². The van der Waals surface area contributed by atoms with Gasteiger partial charge in [0.2, 0.25) is 0 Å². The summed E-state index contributed by atoms with van der Waals surface area (Å²) in [5, 5.41) is 11.4. The predicted octanol–water partition coefficient (Wildman–Crippen LogP) is 1.45. The van der Waals surface area contributed by atoms with E-state index >= 15 is 0 Å². The van der Waals surface area contributed by atoms with Crippen molar-refractivity contribution < 1.29 is 9.90 Å². The summed E-state index contributed by atoms with van der Waals surface area (Å²) in [4.78, 5) is 14.8. The van der Waals surface area contributed by atoms with Crippen molar-refractivity contribution in [1.29, 1.82) is 0 Å². The van der Waals surface area contributed by atoms with Gasteiger partial charge >= 0.3 is 5.97 Å². The molecule has 5 nitrogen and oxygen atoms in total. The van der Waals surface area contributed by atoms with Crippen LogP contribution in [0.25, 0.3) is 5.65 Å². The van der Waals surface area contributed by atoms with Crippen LogP contribution < -0.4 is 5.32 Å². The van der Waals surface area contributed by atoms with E-state index in [1.165, 1.54) is 0 Å². The van der Waals surface area contributed by atoms with Crippen molar-refractivity contribution >= 4 is 17.3 Å². The number of rotatable bonds is 3. The van der Waals surface area contributed by atoms with Crippen LogP contribution in [0.3, 0.4) is 0 Å². The molecule has 16 heavy (non-hydrogen) atoms. The smallest absolute Gasteiger partial charge is 0.322 e. The number of anilines is 1. The van der Waals surface area contributed by atoms with Gasteiger partial charge < -0.3 is 14.8 Å². The summed E-state index contributed by atoms with van der Waals surface area (Å²) in [5.41, 5.74) is 3.69. The molecule has 0 saturated heterocycles. The van der Waals surface area contributed by atoms with Gasteiger partial charge in [-0.15, -0.1) is 0 Å². The molecular formula is C11H13N3O2. The molecule has 2 heterocycles. The van der Waals surface area contributed by atoms with E-state index in [0.717, 1.165) is 22.7 Å². The number of aliphatic carboxylic acids is 1. The quantitative estimate of drug-likeness (QED) is 0.819. The molecule has 0 aliphatic heterocycles. The number of aromatic nitrogens is 2. The Kier molecular flexibility index (Phi) is 2.52. The molecule has 5 heteroatoms. The van der Waals surface area contributed by atoms with Gasteiger partial charge in [0, 0.05) is 11.9 Å². The molecule has 0 bridgehead atoms. The molecule has 0 amide bonds. The van der Waals surface area contributed by atoms with E-state index in [2.05, 4.69) is 10.3 Å². The molecule has 0 fully saturated rings. The van der Waals surface area contributed by atoms with E-state index in [1.54, 1.807) is 0 Å². The van der Waals surface area contributed by atoms with Gasteiger partial charge in [-0.1, -0.05) is 0 Å². The summed E-state index contributed by atoms with van der Waals surface area (Å²) in [7, 11) is 0. The fourth-order valence-electron chi connectivity index (χ4n) is 1.56. The molecule has 0 aliphatic rings. The molecule has 0 aromatic carbocycles. The molecule has 84 valence electrons. The number of pyridine rings is 1. The summed E-state index contributed by atoms with van der Waals surface area (Å²) >= 11 is 0. The number of nitrogens with one attached hydrogen (secondary N) is 1. The van der Waals surface area contributed by atoms with E-state index in [1.807, 2.05) is 36.6 Å². The number of imidazole rings is 1. The van der Waals surface area contributed by atoms with Crippen LogP contribution in [0.2, 0.25) is 0 Å². The third-order valence-electron chi connectivity index (χ3n) is 2.54. The summed E-state index contributed by atoms with van der Waals surface area (Å²) < 4.78 is 1.94. The van der Waals surface area contributed by atoms with Crippen LogP contribution in [-0.4, -0.2) is 27.0 Å². The number of aryl methyl sites for hydroxylation is 2. The average Bonchev–Trinajstić information content (AvgIpc) is 2.52. The second-order valence-corrected chi connectivity index (χ2v) is 3.68. The standard InChI is InChI=1S/C11H13N3O2/c1-7-8(2)14-6-9(12-5-11(15)16)3-4-10(14)13-7/h3-4,6,12H,5H2,1-2H3,(H,15,16). The topological polar surface area (TPSA) is 66.6 Å².